The highest BCUT2D eigenvalue weighted by Gasteiger charge is 2.24. The molecule has 0 saturated heterocycles. The van der Waals surface area contributed by atoms with Gasteiger partial charge in [-0.05, 0) is 96.7 Å². The summed E-state index contributed by atoms with van der Waals surface area (Å²) < 4.78 is 2.25. The van der Waals surface area contributed by atoms with E-state index < -0.39 is 0 Å². The van der Waals surface area contributed by atoms with Gasteiger partial charge in [0.2, 0.25) is 0 Å². The van der Waals surface area contributed by atoms with Gasteiger partial charge in [-0.25, -0.2) is 4.98 Å². The topological polar surface area (TPSA) is 17.8 Å². The summed E-state index contributed by atoms with van der Waals surface area (Å²) in [5, 5.41) is 2.36. The Bertz CT molecular complexity index is 2850. The number of aromatic nitrogens is 2. The highest BCUT2D eigenvalue weighted by atomic mass is 15.1. The molecule has 0 atom stereocenters. The van der Waals surface area contributed by atoms with Gasteiger partial charge in [0.15, 0.2) is 0 Å². The first-order valence-electron chi connectivity index (χ1n) is 18.6. The van der Waals surface area contributed by atoms with Crippen LogP contribution in [0.3, 0.4) is 0 Å². The number of nitrogens with zero attached hydrogens (tertiary/aromatic N) is 2. The van der Waals surface area contributed by atoms with Gasteiger partial charge in [-0.2, -0.15) is 0 Å². The lowest BCUT2D eigenvalue weighted by Gasteiger charge is -2.25. The largest absolute Gasteiger partial charge is 0.292 e. The number of allylic oxidation sites excluding steroid dienone is 4. The molecule has 0 unspecified atom stereocenters. The number of hydrogen-bond acceptors (Lipinski definition) is 1. The van der Waals surface area contributed by atoms with E-state index in [4.69, 9.17) is 4.98 Å². The van der Waals surface area contributed by atoms with Gasteiger partial charge in [0, 0.05) is 11.3 Å². The first-order chi connectivity index (χ1) is 27.2. The van der Waals surface area contributed by atoms with Gasteiger partial charge >= 0.3 is 0 Å². The molecule has 0 fully saturated rings. The lowest BCUT2D eigenvalue weighted by molar-refractivity contribution is 1.10. The van der Waals surface area contributed by atoms with Crippen molar-refractivity contribution in [2.45, 2.75) is 0 Å². The molecule has 0 amide bonds. The molecule has 8 aromatic carbocycles. The molecule has 0 aliphatic heterocycles. The number of imidazole rings is 1. The van der Waals surface area contributed by atoms with E-state index in [0.717, 1.165) is 72.6 Å². The third kappa shape index (κ3) is 6.10. The molecular formula is C53H38N2. The summed E-state index contributed by atoms with van der Waals surface area (Å²) in [6, 6.07) is 66.8. The van der Waals surface area contributed by atoms with Crippen LogP contribution < -0.4 is 0 Å². The average Bonchev–Trinajstić information content (AvgIpc) is 3.66. The maximum Gasteiger partial charge on any atom is 0.145 e. The van der Waals surface area contributed by atoms with Crippen molar-refractivity contribution in [3.05, 3.63) is 225 Å². The summed E-state index contributed by atoms with van der Waals surface area (Å²) in [5.41, 5.74) is 15.6. The van der Waals surface area contributed by atoms with Crippen molar-refractivity contribution in [3.63, 3.8) is 0 Å². The van der Waals surface area contributed by atoms with E-state index in [9.17, 15) is 0 Å². The quantitative estimate of drug-likeness (QED) is 0.137. The SMILES string of the molecule is C=C/C=C(\C=C)c1c(-c2ccccc2)c(-c2ccccc2)c2ccc(-c3ccc(-c4nc5ccccc5n4-c4ccccc4)cc3)cc2c1-c1ccccc1. The van der Waals surface area contributed by atoms with Gasteiger partial charge in [-0.3, -0.25) is 4.57 Å². The smallest absolute Gasteiger partial charge is 0.145 e. The molecule has 0 bridgehead atoms. The molecule has 0 spiro atoms. The summed E-state index contributed by atoms with van der Waals surface area (Å²) in [6.45, 7) is 8.43. The molecule has 0 aliphatic carbocycles. The van der Waals surface area contributed by atoms with Gasteiger partial charge in [-0.15, -0.1) is 0 Å². The van der Waals surface area contributed by atoms with Crippen molar-refractivity contribution in [3.8, 4) is 61.6 Å². The molecule has 0 aliphatic rings. The maximum atomic E-state index is 5.11. The molecule has 1 heterocycles. The molecule has 260 valence electrons. The Morgan fingerprint density at radius 3 is 1.60 bits per heavy atom. The van der Waals surface area contributed by atoms with Gasteiger partial charge < -0.3 is 0 Å². The van der Waals surface area contributed by atoms with Crippen molar-refractivity contribution in [1.29, 1.82) is 0 Å². The van der Waals surface area contributed by atoms with Crippen LogP contribution in [0.1, 0.15) is 5.56 Å². The number of hydrogen-bond donors (Lipinski definition) is 0. The number of fused-ring (bicyclic) bond motifs is 2. The van der Waals surface area contributed by atoms with E-state index >= 15 is 0 Å². The molecule has 1 aromatic heterocycles. The first-order valence-corrected chi connectivity index (χ1v) is 18.6. The average molecular weight is 703 g/mol. The van der Waals surface area contributed by atoms with Crippen molar-refractivity contribution >= 4 is 27.4 Å². The number of rotatable bonds is 9. The third-order valence-electron chi connectivity index (χ3n) is 10.4. The van der Waals surface area contributed by atoms with Crippen molar-refractivity contribution < 1.29 is 0 Å². The van der Waals surface area contributed by atoms with E-state index in [2.05, 4.69) is 200 Å². The van der Waals surface area contributed by atoms with Gasteiger partial charge in [-0.1, -0.05) is 189 Å². The standard InChI is InChI=1S/C53H38N2/c1-3-19-37(4-2)51-50(40-22-11-6-12-23-40)46-36-43(34-35-45(46)49(39-20-9-5-10-21-39)52(51)41-24-13-7-14-25-41)38-30-32-42(33-31-38)53-54-47-28-17-18-29-48(47)55(53)44-26-15-8-16-27-44/h3-36H,1-2H2/b37-19+. The predicted molar refractivity (Wildman–Crippen MR) is 234 cm³/mol. The van der Waals surface area contributed by atoms with Crippen LogP contribution in [0, 0.1) is 0 Å². The molecular weight excluding hydrogens is 665 g/mol. The zero-order chi connectivity index (χ0) is 37.1. The monoisotopic (exact) mass is 702 g/mol. The molecule has 55 heavy (non-hydrogen) atoms. The van der Waals surface area contributed by atoms with Crippen LogP contribution in [-0.4, -0.2) is 9.55 Å². The van der Waals surface area contributed by atoms with Crippen LogP contribution >= 0.6 is 0 Å². The van der Waals surface area contributed by atoms with Crippen LogP contribution in [-0.2, 0) is 0 Å². The second-order valence-corrected chi connectivity index (χ2v) is 13.6. The fourth-order valence-electron chi connectivity index (χ4n) is 7.91. The first kappa shape index (κ1) is 33.5. The number of para-hydroxylation sites is 3. The molecule has 9 rings (SSSR count). The van der Waals surface area contributed by atoms with E-state index in [1.54, 1.807) is 0 Å². The van der Waals surface area contributed by atoms with Crippen molar-refractivity contribution in [2.75, 3.05) is 0 Å². The van der Waals surface area contributed by atoms with Crippen LogP contribution in [0.5, 0.6) is 0 Å². The lowest BCUT2D eigenvalue weighted by atomic mass is 9.78. The van der Waals surface area contributed by atoms with Crippen molar-refractivity contribution in [1.82, 2.24) is 9.55 Å². The summed E-state index contributed by atoms with van der Waals surface area (Å²) in [6.07, 6.45) is 5.89. The summed E-state index contributed by atoms with van der Waals surface area (Å²) in [5.74, 6) is 0.917. The van der Waals surface area contributed by atoms with E-state index in [-0.39, 0.29) is 0 Å². The Morgan fingerprint density at radius 1 is 0.455 bits per heavy atom. The zero-order valence-corrected chi connectivity index (χ0v) is 30.4. The van der Waals surface area contributed by atoms with Gasteiger partial charge in [0.1, 0.15) is 5.82 Å². The van der Waals surface area contributed by atoms with E-state index in [1.807, 2.05) is 24.3 Å². The van der Waals surface area contributed by atoms with Gasteiger partial charge in [0.05, 0.1) is 11.0 Å². The van der Waals surface area contributed by atoms with E-state index in [1.165, 1.54) is 21.9 Å². The normalized spacial score (nSPS) is 11.5. The van der Waals surface area contributed by atoms with Crippen LogP contribution in [0.2, 0.25) is 0 Å². The Morgan fingerprint density at radius 2 is 0.982 bits per heavy atom. The minimum absolute atomic E-state index is 0.917. The highest BCUT2D eigenvalue weighted by molar-refractivity contribution is 6.17. The van der Waals surface area contributed by atoms with E-state index in [0.29, 0.717) is 0 Å². The Hall–Kier alpha value is -7.29. The molecule has 0 radical (unpaired) electrons. The summed E-state index contributed by atoms with van der Waals surface area (Å²) >= 11 is 0. The Balaban J connectivity index is 1.30. The third-order valence-corrected chi connectivity index (χ3v) is 10.4. The molecule has 2 heteroatoms. The van der Waals surface area contributed by atoms with Crippen LogP contribution in [0.4, 0.5) is 0 Å². The molecule has 0 saturated carbocycles. The van der Waals surface area contributed by atoms with Gasteiger partial charge in [0.25, 0.3) is 0 Å². The van der Waals surface area contributed by atoms with Crippen LogP contribution in [0.15, 0.2) is 219 Å². The summed E-state index contributed by atoms with van der Waals surface area (Å²) in [4.78, 5) is 5.11. The maximum absolute atomic E-state index is 5.11. The highest BCUT2D eigenvalue weighted by Crippen LogP contribution is 2.50. The zero-order valence-electron chi connectivity index (χ0n) is 30.4. The van der Waals surface area contributed by atoms with Crippen molar-refractivity contribution in [2.24, 2.45) is 0 Å². The molecule has 9 aromatic rings. The fraction of sp³-hybridized carbons (Fsp3) is 0. The second kappa shape index (κ2) is 14.6. The fourth-order valence-corrected chi connectivity index (χ4v) is 7.91. The van der Waals surface area contributed by atoms with Crippen LogP contribution in [0.25, 0.3) is 89.0 Å². The molecule has 0 N–H and O–H groups in total. The Labute approximate surface area is 322 Å². The minimum Gasteiger partial charge on any atom is -0.292 e. The Kier molecular flexibility index (Phi) is 8.91. The molecule has 2 nitrogen and oxygen atoms in total. The summed E-state index contributed by atoms with van der Waals surface area (Å²) in [7, 11) is 0. The minimum atomic E-state index is 0.917. The lowest BCUT2D eigenvalue weighted by Crippen LogP contribution is -2.00. The number of benzene rings is 8. The predicted octanol–water partition coefficient (Wildman–Crippen LogP) is 14.3. The second-order valence-electron chi connectivity index (χ2n) is 13.6.